The van der Waals surface area contributed by atoms with Crippen molar-refractivity contribution < 1.29 is 14.3 Å². The molecule has 0 amide bonds. The summed E-state index contributed by atoms with van der Waals surface area (Å²) < 4.78 is 11.5. The molecule has 0 saturated carbocycles. The summed E-state index contributed by atoms with van der Waals surface area (Å²) in [6, 6.07) is 14.7. The molecule has 0 spiro atoms. The summed E-state index contributed by atoms with van der Waals surface area (Å²) >= 11 is 0. The monoisotopic (exact) mass is 337 g/mol. The lowest BCUT2D eigenvalue weighted by Gasteiger charge is -2.27. The Labute approximate surface area is 145 Å². The predicted molar refractivity (Wildman–Crippen MR) is 96.9 cm³/mol. The zero-order chi connectivity index (χ0) is 17.2. The number of rotatable bonds is 3. The van der Waals surface area contributed by atoms with E-state index in [0.717, 1.165) is 16.7 Å². The first-order chi connectivity index (χ1) is 12.3. The van der Waals surface area contributed by atoms with Crippen molar-refractivity contribution in [2.45, 2.75) is 6.61 Å². The Morgan fingerprint density at radius 2 is 1.76 bits per heavy atom. The molecule has 2 heterocycles. The van der Waals surface area contributed by atoms with E-state index in [9.17, 15) is 9.90 Å². The first kappa shape index (κ1) is 15.9. The average Bonchev–Trinajstić information content (AvgIpc) is 2.68. The Hall–Kier alpha value is -2.63. The Morgan fingerprint density at radius 1 is 1.00 bits per heavy atom. The molecule has 128 valence electrons. The number of hydrogen-bond donors (Lipinski definition) is 1. The van der Waals surface area contributed by atoms with Crippen molar-refractivity contribution in [1.29, 1.82) is 0 Å². The number of aliphatic hydroxyl groups is 1. The van der Waals surface area contributed by atoms with Crippen molar-refractivity contribution in [3.63, 3.8) is 0 Å². The highest BCUT2D eigenvalue weighted by atomic mass is 16.5. The maximum Gasteiger partial charge on any atom is 0.200 e. The minimum absolute atomic E-state index is 0.0638. The van der Waals surface area contributed by atoms with Crippen LogP contribution in [0.1, 0.15) is 5.56 Å². The van der Waals surface area contributed by atoms with Crippen LogP contribution in [-0.2, 0) is 11.3 Å². The summed E-state index contributed by atoms with van der Waals surface area (Å²) in [4.78, 5) is 14.6. The van der Waals surface area contributed by atoms with Crippen molar-refractivity contribution in [3.8, 4) is 11.1 Å². The third-order valence-electron chi connectivity index (χ3n) is 4.54. The normalized spacial score (nSPS) is 14.8. The summed E-state index contributed by atoms with van der Waals surface area (Å²) in [5.41, 5.74) is 2.98. The maximum absolute atomic E-state index is 12.6. The number of anilines is 1. The SMILES string of the molecule is O=c1cc(N2CCOCC2)oc2c(-c3ccccc3CO)cccc12. The van der Waals surface area contributed by atoms with Crippen molar-refractivity contribution in [3.05, 3.63) is 64.3 Å². The van der Waals surface area contributed by atoms with E-state index < -0.39 is 0 Å². The van der Waals surface area contributed by atoms with Gasteiger partial charge in [0.1, 0.15) is 5.58 Å². The van der Waals surface area contributed by atoms with Crippen LogP contribution in [0.5, 0.6) is 0 Å². The molecule has 1 aliphatic heterocycles. The third-order valence-corrected chi connectivity index (χ3v) is 4.54. The third kappa shape index (κ3) is 2.92. The van der Waals surface area contributed by atoms with Gasteiger partial charge < -0.3 is 19.2 Å². The first-order valence-electron chi connectivity index (χ1n) is 8.36. The summed E-state index contributed by atoms with van der Waals surface area (Å²) in [7, 11) is 0. The topological polar surface area (TPSA) is 62.9 Å². The Morgan fingerprint density at radius 3 is 2.56 bits per heavy atom. The molecule has 25 heavy (non-hydrogen) atoms. The van der Waals surface area contributed by atoms with Gasteiger partial charge in [0.15, 0.2) is 11.3 Å². The maximum atomic E-state index is 12.6. The summed E-state index contributed by atoms with van der Waals surface area (Å²) in [6.07, 6.45) is 0. The molecule has 1 aromatic heterocycles. The van der Waals surface area contributed by atoms with Crippen LogP contribution in [0.4, 0.5) is 5.88 Å². The van der Waals surface area contributed by atoms with Crippen LogP contribution in [0, 0.1) is 0 Å². The smallest absolute Gasteiger partial charge is 0.200 e. The first-order valence-corrected chi connectivity index (χ1v) is 8.36. The number of para-hydroxylation sites is 1. The zero-order valence-corrected chi connectivity index (χ0v) is 13.8. The van der Waals surface area contributed by atoms with Crippen molar-refractivity contribution in [1.82, 2.24) is 0 Å². The van der Waals surface area contributed by atoms with Gasteiger partial charge in [0.25, 0.3) is 0 Å². The second kappa shape index (κ2) is 6.70. The molecule has 5 heteroatoms. The Kier molecular flexibility index (Phi) is 4.26. The van der Waals surface area contributed by atoms with E-state index in [1.807, 2.05) is 41.3 Å². The molecular weight excluding hydrogens is 318 g/mol. The summed E-state index contributed by atoms with van der Waals surface area (Å²) in [5, 5.41) is 10.2. The van der Waals surface area contributed by atoms with Crippen molar-refractivity contribution in [2.24, 2.45) is 0 Å². The molecule has 4 rings (SSSR count). The minimum Gasteiger partial charge on any atom is -0.440 e. The number of nitrogens with zero attached hydrogens (tertiary/aromatic N) is 1. The highest BCUT2D eigenvalue weighted by molar-refractivity contribution is 5.93. The fraction of sp³-hybridized carbons (Fsp3) is 0.250. The molecular formula is C20H19NO4. The van der Waals surface area contributed by atoms with Gasteiger partial charge in [0, 0.05) is 24.7 Å². The number of morpholine rings is 1. The fourth-order valence-electron chi connectivity index (χ4n) is 3.24. The second-order valence-corrected chi connectivity index (χ2v) is 6.05. The lowest BCUT2D eigenvalue weighted by molar-refractivity contribution is 0.121. The molecule has 3 aromatic rings. The second-order valence-electron chi connectivity index (χ2n) is 6.05. The number of fused-ring (bicyclic) bond motifs is 1. The van der Waals surface area contributed by atoms with Gasteiger partial charge in [0.2, 0.25) is 0 Å². The van der Waals surface area contributed by atoms with E-state index in [-0.39, 0.29) is 12.0 Å². The van der Waals surface area contributed by atoms with Crippen LogP contribution in [0.3, 0.4) is 0 Å². The molecule has 0 radical (unpaired) electrons. The highest BCUT2D eigenvalue weighted by Gasteiger charge is 2.17. The van der Waals surface area contributed by atoms with E-state index in [1.54, 1.807) is 12.1 Å². The van der Waals surface area contributed by atoms with Gasteiger partial charge in [-0.1, -0.05) is 36.4 Å². The van der Waals surface area contributed by atoms with Crippen LogP contribution in [0.25, 0.3) is 22.1 Å². The molecule has 0 bridgehead atoms. The highest BCUT2D eigenvalue weighted by Crippen LogP contribution is 2.32. The number of benzene rings is 2. The summed E-state index contributed by atoms with van der Waals surface area (Å²) in [5.74, 6) is 0.565. The number of hydrogen-bond acceptors (Lipinski definition) is 5. The van der Waals surface area contributed by atoms with Gasteiger partial charge in [-0.3, -0.25) is 4.79 Å². The van der Waals surface area contributed by atoms with E-state index >= 15 is 0 Å². The summed E-state index contributed by atoms with van der Waals surface area (Å²) in [6.45, 7) is 2.57. The molecule has 1 saturated heterocycles. The van der Waals surface area contributed by atoms with Crippen LogP contribution in [0.15, 0.2) is 57.7 Å². The largest absolute Gasteiger partial charge is 0.440 e. The molecule has 5 nitrogen and oxygen atoms in total. The van der Waals surface area contributed by atoms with Crippen LogP contribution < -0.4 is 10.3 Å². The Balaban J connectivity index is 1.93. The lowest BCUT2D eigenvalue weighted by Crippen LogP contribution is -2.36. The van der Waals surface area contributed by atoms with Gasteiger partial charge in [0.05, 0.1) is 25.2 Å². The van der Waals surface area contributed by atoms with E-state index in [4.69, 9.17) is 9.15 Å². The Bertz CT molecular complexity index is 957. The van der Waals surface area contributed by atoms with Gasteiger partial charge >= 0.3 is 0 Å². The van der Waals surface area contributed by atoms with Gasteiger partial charge in [-0.05, 0) is 17.2 Å². The van der Waals surface area contributed by atoms with Crippen molar-refractivity contribution in [2.75, 3.05) is 31.2 Å². The van der Waals surface area contributed by atoms with Crippen LogP contribution >= 0.6 is 0 Å². The molecule has 1 N–H and O–H groups in total. The van der Waals surface area contributed by atoms with Gasteiger partial charge in [-0.25, -0.2) is 0 Å². The average molecular weight is 337 g/mol. The molecule has 0 unspecified atom stereocenters. The quantitative estimate of drug-likeness (QED) is 0.796. The minimum atomic E-state index is -0.0695. The van der Waals surface area contributed by atoms with E-state index in [0.29, 0.717) is 43.2 Å². The lowest BCUT2D eigenvalue weighted by atomic mass is 9.98. The van der Waals surface area contributed by atoms with Crippen LogP contribution in [0.2, 0.25) is 0 Å². The zero-order valence-electron chi connectivity index (χ0n) is 13.8. The molecule has 1 fully saturated rings. The van der Waals surface area contributed by atoms with Crippen molar-refractivity contribution >= 4 is 16.9 Å². The molecule has 0 atom stereocenters. The van der Waals surface area contributed by atoms with Gasteiger partial charge in [-0.15, -0.1) is 0 Å². The fourth-order valence-corrected chi connectivity index (χ4v) is 3.24. The molecule has 2 aromatic carbocycles. The standard InChI is InChI=1S/C20H19NO4/c22-13-14-4-1-2-5-15(14)16-6-3-7-17-18(23)12-19(25-20(16)17)21-8-10-24-11-9-21/h1-7,12,22H,8-11,13H2. The van der Waals surface area contributed by atoms with Gasteiger partial charge in [-0.2, -0.15) is 0 Å². The number of aliphatic hydroxyl groups excluding tert-OH is 1. The molecule has 0 aliphatic carbocycles. The number of ether oxygens (including phenoxy) is 1. The van der Waals surface area contributed by atoms with Crippen LogP contribution in [-0.4, -0.2) is 31.4 Å². The van der Waals surface area contributed by atoms with E-state index in [1.165, 1.54) is 0 Å². The van der Waals surface area contributed by atoms with E-state index in [2.05, 4.69) is 0 Å². The predicted octanol–water partition coefficient (Wildman–Crippen LogP) is 2.79. The molecule has 1 aliphatic rings.